The van der Waals surface area contributed by atoms with Crippen LogP contribution in [0.2, 0.25) is 0 Å². The fourth-order valence-corrected chi connectivity index (χ4v) is 3.05. The molecule has 138 valence electrons. The van der Waals surface area contributed by atoms with Gasteiger partial charge in [0.2, 0.25) is 0 Å². The number of aromatic nitrogens is 3. The molecule has 0 unspecified atom stereocenters. The fraction of sp³-hybridized carbons (Fsp3) is 0.444. The molecule has 0 atom stereocenters. The maximum atomic E-state index is 4.83. The lowest BCUT2D eigenvalue weighted by atomic mass is 10.1. The highest BCUT2D eigenvalue weighted by atomic mass is 35.5. The Kier molecular flexibility index (Phi) is 7.47. The molecule has 1 N–H and O–H groups in total. The Hall–Kier alpha value is -1.56. The normalized spacial score (nSPS) is 10.8. The van der Waals surface area contributed by atoms with Crippen LogP contribution in [0.3, 0.4) is 0 Å². The number of nitrogens with zero attached hydrogens (tertiary/aromatic N) is 4. The molecule has 0 saturated carbocycles. The first-order valence-electron chi connectivity index (χ1n) is 8.09. The Morgan fingerprint density at radius 2 is 1.88 bits per heavy atom. The van der Waals surface area contributed by atoms with Gasteiger partial charge in [-0.25, -0.2) is 4.98 Å². The second kappa shape index (κ2) is 8.70. The number of fused-ring (bicyclic) bond motifs is 2. The number of anilines is 1. The van der Waals surface area contributed by atoms with E-state index in [-0.39, 0.29) is 24.8 Å². The quantitative estimate of drug-likeness (QED) is 0.677. The number of pyridine rings is 1. The van der Waals surface area contributed by atoms with Crippen LogP contribution >= 0.6 is 24.8 Å². The summed E-state index contributed by atoms with van der Waals surface area (Å²) in [7, 11) is 6.17. The molecule has 0 saturated heterocycles. The molecule has 3 aromatic rings. The molecule has 0 spiro atoms. The lowest BCUT2D eigenvalue weighted by Crippen LogP contribution is -2.16. The van der Waals surface area contributed by atoms with Gasteiger partial charge in [0.1, 0.15) is 0 Å². The van der Waals surface area contributed by atoms with Gasteiger partial charge in [0.25, 0.3) is 0 Å². The first-order chi connectivity index (χ1) is 11.0. The lowest BCUT2D eigenvalue weighted by Gasteiger charge is -2.14. The molecule has 25 heavy (non-hydrogen) atoms. The van der Waals surface area contributed by atoms with E-state index < -0.39 is 0 Å². The van der Waals surface area contributed by atoms with E-state index in [0.29, 0.717) is 0 Å². The molecule has 7 heteroatoms. The number of halogens is 2. The zero-order valence-electron chi connectivity index (χ0n) is 15.5. The van der Waals surface area contributed by atoms with Crippen LogP contribution in [0.4, 0.5) is 5.69 Å². The van der Waals surface area contributed by atoms with Crippen molar-refractivity contribution < 1.29 is 0 Å². The largest absolute Gasteiger partial charge is 0.384 e. The molecule has 2 heterocycles. The summed E-state index contributed by atoms with van der Waals surface area (Å²) in [6, 6.07) is 6.45. The second-order valence-corrected chi connectivity index (χ2v) is 6.50. The molecule has 0 aliphatic rings. The predicted molar refractivity (Wildman–Crippen MR) is 112 cm³/mol. The summed E-state index contributed by atoms with van der Waals surface area (Å²) >= 11 is 0. The van der Waals surface area contributed by atoms with Crippen molar-refractivity contribution >= 4 is 52.4 Å². The summed E-state index contributed by atoms with van der Waals surface area (Å²) in [5.41, 5.74) is 5.37. The van der Waals surface area contributed by atoms with E-state index in [1.54, 1.807) is 0 Å². The molecule has 0 aliphatic carbocycles. The van der Waals surface area contributed by atoms with E-state index in [9.17, 15) is 0 Å². The molecule has 1 aromatic carbocycles. The third-order valence-electron chi connectivity index (χ3n) is 4.17. The van der Waals surface area contributed by atoms with Crippen LogP contribution in [0.5, 0.6) is 0 Å². The van der Waals surface area contributed by atoms with Gasteiger partial charge < -0.3 is 10.2 Å². The minimum atomic E-state index is 0. The summed E-state index contributed by atoms with van der Waals surface area (Å²) < 4.78 is 1.87. The summed E-state index contributed by atoms with van der Waals surface area (Å²) in [6.07, 6.45) is 1.10. The number of nitrogens with one attached hydrogen (secondary N) is 1. The number of aryl methyl sites for hydroxylation is 3. The number of rotatable bonds is 5. The van der Waals surface area contributed by atoms with E-state index >= 15 is 0 Å². The van der Waals surface area contributed by atoms with Crippen LogP contribution in [0.25, 0.3) is 21.9 Å². The number of hydrogen-bond donors (Lipinski definition) is 1. The monoisotopic (exact) mass is 383 g/mol. The van der Waals surface area contributed by atoms with E-state index in [4.69, 9.17) is 4.98 Å². The van der Waals surface area contributed by atoms with Crippen molar-refractivity contribution in [3.8, 4) is 0 Å². The zero-order chi connectivity index (χ0) is 16.6. The Balaban J connectivity index is 0.00000156. The summed E-state index contributed by atoms with van der Waals surface area (Å²) in [4.78, 5) is 7.04. The maximum absolute atomic E-state index is 4.83. The molecule has 0 bridgehead atoms. The van der Waals surface area contributed by atoms with Crippen LogP contribution in [0.15, 0.2) is 18.2 Å². The molecule has 0 amide bonds. The Morgan fingerprint density at radius 1 is 1.16 bits per heavy atom. The highest BCUT2D eigenvalue weighted by Crippen LogP contribution is 2.33. The van der Waals surface area contributed by atoms with Crippen molar-refractivity contribution in [3.63, 3.8) is 0 Å². The molecule has 0 fully saturated rings. The Bertz CT molecular complexity index is 858. The van der Waals surface area contributed by atoms with Gasteiger partial charge in [-0.1, -0.05) is 12.1 Å². The maximum Gasteiger partial charge on any atom is 0.160 e. The molecule has 5 nitrogen and oxygen atoms in total. The number of hydrogen-bond acceptors (Lipinski definition) is 4. The van der Waals surface area contributed by atoms with Gasteiger partial charge in [-0.15, -0.1) is 24.8 Å². The van der Waals surface area contributed by atoms with E-state index in [0.717, 1.165) is 47.4 Å². The minimum Gasteiger partial charge on any atom is -0.384 e. The van der Waals surface area contributed by atoms with Gasteiger partial charge in [-0.05, 0) is 52.5 Å². The summed E-state index contributed by atoms with van der Waals surface area (Å²) in [5, 5.41) is 10.5. The molecule has 0 aliphatic heterocycles. The highest BCUT2D eigenvalue weighted by molar-refractivity contribution is 6.07. The standard InChI is InChI=1S/C18H25N5.2ClH/c1-12-7-8-14-15(11-12)20-18-16(13(2)21-23(18)5)17(14)19-9-6-10-22(3)4;;/h7-8,11H,6,9-10H2,1-5H3,(H,19,20);2*1H. The van der Waals surface area contributed by atoms with Crippen LogP contribution in [-0.2, 0) is 7.05 Å². The van der Waals surface area contributed by atoms with E-state index in [1.165, 1.54) is 10.9 Å². The smallest absolute Gasteiger partial charge is 0.160 e. The molecule has 2 aromatic heterocycles. The van der Waals surface area contributed by atoms with Crippen molar-refractivity contribution in [3.05, 3.63) is 29.5 Å². The first kappa shape index (κ1) is 21.5. The van der Waals surface area contributed by atoms with Gasteiger partial charge >= 0.3 is 0 Å². The van der Waals surface area contributed by atoms with Crippen LogP contribution in [0.1, 0.15) is 17.7 Å². The van der Waals surface area contributed by atoms with Crippen LogP contribution in [0, 0.1) is 13.8 Å². The summed E-state index contributed by atoms with van der Waals surface area (Å²) in [5.74, 6) is 0. The van der Waals surface area contributed by atoms with Crippen LogP contribution in [-0.4, -0.2) is 46.8 Å². The van der Waals surface area contributed by atoms with Gasteiger partial charge in [0.05, 0.1) is 22.3 Å². The van der Waals surface area contributed by atoms with Gasteiger partial charge in [0.15, 0.2) is 5.65 Å². The lowest BCUT2D eigenvalue weighted by molar-refractivity contribution is 0.405. The molecule has 0 radical (unpaired) electrons. The molecular weight excluding hydrogens is 357 g/mol. The Morgan fingerprint density at radius 3 is 2.56 bits per heavy atom. The third-order valence-corrected chi connectivity index (χ3v) is 4.17. The first-order valence-corrected chi connectivity index (χ1v) is 8.09. The Labute approximate surface area is 161 Å². The minimum absolute atomic E-state index is 0. The van der Waals surface area contributed by atoms with Gasteiger partial charge in [-0.3, -0.25) is 4.68 Å². The van der Waals surface area contributed by atoms with Crippen molar-refractivity contribution in [2.75, 3.05) is 32.5 Å². The van der Waals surface area contributed by atoms with Crippen molar-refractivity contribution in [1.82, 2.24) is 19.7 Å². The average Bonchev–Trinajstić information content (AvgIpc) is 2.76. The van der Waals surface area contributed by atoms with E-state index in [1.807, 2.05) is 11.7 Å². The third kappa shape index (κ3) is 4.35. The second-order valence-electron chi connectivity index (χ2n) is 6.50. The van der Waals surface area contributed by atoms with Crippen molar-refractivity contribution in [1.29, 1.82) is 0 Å². The van der Waals surface area contributed by atoms with E-state index in [2.05, 4.69) is 61.5 Å². The fourth-order valence-electron chi connectivity index (χ4n) is 3.05. The van der Waals surface area contributed by atoms with Crippen LogP contribution < -0.4 is 5.32 Å². The molecule has 3 rings (SSSR count). The van der Waals surface area contributed by atoms with Gasteiger partial charge in [0, 0.05) is 19.0 Å². The SMILES string of the molecule is Cc1ccc2c(NCCCN(C)C)c3c(C)nn(C)c3nc2c1.Cl.Cl. The predicted octanol–water partition coefficient (Wildman–Crippen LogP) is 3.95. The molecular formula is C18H27Cl2N5. The van der Waals surface area contributed by atoms with Crippen molar-refractivity contribution in [2.24, 2.45) is 7.05 Å². The highest BCUT2D eigenvalue weighted by Gasteiger charge is 2.15. The van der Waals surface area contributed by atoms with Crippen molar-refractivity contribution in [2.45, 2.75) is 20.3 Å². The zero-order valence-corrected chi connectivity index (χ0v) is 17.1. The van der Waals surface area contributed by atoms with Gasteiger partial charge in [-0.2, -0.15) is 5.10 Å². The summed E-state index contributed by atoms with van der Waals surface area (Å²) in [6.45, 7) is 6.16. The average molecular weight is 384 g/mol. The topological polar surface area (TPSA) is 46.0 Å². The number of benzene rings is 1.